The van der Waals surface area contributed by atoms with Crippen LogP contribution in [0.5, 0.6) is 0 Å². The molecule has 8 nitrogen and oxygen atoms in total. The zero-order valence-electron chi connectivity index (χ0n) is 22.2. The second-order valence-corrected chi connectivity index (χ2v) is 10.1. The highest BCUT2D eigenvalue weighted by Crippen LogP contribution is 2.44. The molecule has 1 rings (SSSR count). The Hall–Kier alpha value is -1.01. The first-order valence-electron chi connectivity index (χ1n) is 12.1. The van der Waals surface area contributed by atoms with E-state index in [1.807, 2.05) is 13.8 Å². The lowest BCUT2D eigenvalue weighted by Gasteiger charge is -2.39. The van der Waals surface area contributed by atoms with Crippen LogP contribution >= 0.6 is 0 Å². The molecule has 0 aromatic heterocycles. The second kappa shape index (κ2) is 14.1. The van der Waals surface area contributed by atoms with E-state index < -0.39 is 54.2 Å². The number of hydrogen-bond acceptors (Lipinski definition) is 8. The summed E-state index contributed by atoms with van der Waals surface area (Å²) in [4.78, 5) is 12.5. The van der Waals surface area contributed by atoms with Gasteiger partial charge in [0.25, 0.3) is 5.92 Å². The summed E-state index contributed by atoms with van der Waals surface area (Å²) >= 11 is 0. The quantitative estimate of drug-likeness (QED) is 0.215. The van der Waals surface area contributed by atoms with Gasteiger partial charge in [-0.05, 0) is 19.8 Å². The van der Waals surface area contributed by atoms with Gasteiger partial charge in [-0.1, -0.05) is 32.9 Å². The number of carbonyl (C=O) groups is 1. The molecule has 3 N–H and O–H groups in total. The van der Waals surface area contributed by atoms with Crippen molar-refractivity contribution in [2.75, 3.05) is 34.5 Å². The number of rotatable bonds is 16. The molecule has 1 aliphatic rings. The van der Waals surface area contributed by atoms with Gasteiger partial charge in [-0.15, -0.1) is 0 Å². The van der Waals surface area contributed by atoms with Gasteiger partial charge in [0.15, 0.2) is 5.78 Å². The van der Waals surface area contributed by atoms with Gasteiger partial charge in [-0.3, -0.25) is 10.1 Å². The number of alkyl halides is 2. The summed E-state index contributed by atoms with van der Waals surface area (Å²) in [6.07, 6.45) is -5.21. The van der Waals surface area contributed by atoms with Crippen LogP contribution in [0.15, 0.2) is 12.2 Å². The zero-order valence-corrected chi connectivity index (χ0v) is 22.2. The number of ether oxygens (including phenoxy) is 4. The van der Waals surface area contributed by atoms with Gasteiger partial charge < -0.3 is 29.2 Å². The highest BCUT2D eigenvalue weighted by molar-refractivity contribution is 5.85. The van der Waals surface area contributed by atoms with E-state index in [2.05, 4.69) is 11.9 Å². The topological polar surface area (TPSA) is 106 Å². The van der Waals surface area contributed by atoms with Crippen LogP contribution in [-0.4, -0.2) is 93.1 Å². The lowest BCUT2D eigenvalue weighted by molar-refractivity contribution is -0.173. The lowest BCUT2D eigenvalue weighted by Crippen LogP contribution is -2.49. The summed E-state index contributed by atoms with van der Waals surface area (Å²) in [6.45, 7) is 10.4. The van der Waals surface area contributed by atoms with Gasteiger partial charge in [0.05, 0.1) is 43.0 Å². The normalized spacial score (nSPS) is 25.2. The van der Waals surface area contributed by atoms with Gasteiger partial charge >= 0.3 is 0 Å². The number of aliphatic hydroxyl groups is 2. The van der Waals surface area contributed by atoms with Crippen molar-refractivity contribution in [3.05, 3.63) is 12.2 Å². The Morgan fingerprint density at radius 1 is 1.23 bits per heavy atom. The third-order valence-electron chi connectivity index (χ3n) is 7.34. The number of nitrogens with one attached hydrogen (secondary N) is 1. The molecule has 10 heteroatoms. The summed E-state index contributed by atoms with van der Waals surface area (Å²) in [7, 11) is 4.26. The van der Waals surface area contributed by atoms with E-state index in [-0.39, 0.29) is 38.0 Å². The van der Waals surface area contributed by atoms with Gasteiger partial charge in [-0.2, -0.15) is 0 Å². The Bertz CT molecular complexity index is 676. The molecule has 0 amide bonds. The molecule has 35 heavy (non-hydrogen) atoms. The largest absolute Gasteiger partial charge is 0.392 e. The van der Waals surface area contributed by atoms with Crippen molar-refractivity contribution in [2.24, 2.45) is 11.3 Å². The summed E-state index contributed by atoms with van der Waals surface area (Å²) in [5.74, 6) is -3.62. The van der Waals surface area contributed by atoms with E-state index in [1.54, 1.807) is 0 Å². The Labute approximate surface area is 208 Å². The van der Waals surface area contributed by atoms with E-state index in [4.69, 9.17) is 18.9 Å². The Balaban J connectivity index is 2.64. The molecule has 1 saturated heterocycles. The number of halogens is 2. The minimum absolute atomic E-state index is 0.00165. The van der Waals surface area contributed by atoms with Crippen molar-refractivity contribution in [3.63, 3.8) is 0 Å². The van der Waals surface area contributed by atoms with Crippen molar-refractivity contribution < 1.29 is 42.7 Å². The van der Waals surface area contributed by atoms with Crippen LogP contribution < -0.4 is 5.32 Å². The number of Topliss-reactive ketones (excluding diaryl/α,β-unsaturated/α-hetero) is 1. The Morgan fingerprint density at radius 2 is 1.86 bits per heavy atom. The van der Waals surface area contributed by atoms with Crippen LogP contribution in [0.25, 0.3) is 0 Å². The fraction of sp³-hybridized carbons (Fsp3) is 0.880. The molecule has 0 saturated carbocycles. The standard InChI is InChI=1S/C25H45F2NO7/c1-15-11-20(35-17(3)16(15)2)23(31)19(29)13-28-22(34-8)9-10-25(26,27)24(4,5)21(30)12-18(33-7)14-32-6/h16-18,20-23,28,30-31H,1,9-14H2,2-8H3. The Kier molecular flexibility index (Phi) is 12.9. The van der Waals surface area contributed by atoms with Crippen LogP contribution in [0, 0.1) is 11.3 Å². The van der Waals surface area contributed by atoms with Crippen LogP contribution in [-0.2, 0) is 23.7 Å². The minimum atomic E-state index is -3.23. The SMILES string of the molecule is C=C1CC(C(O)C(=O)CNC(CCC(F)(F)C(C)(C)C(O)CC(COC)OC)OC)OC(C)C1C. The fourth-order valence-electron chi connectivity index (χ4n) is 4.07. The van der Waals surface area contributed by atoms with Crippen molar-refractivity contribution in [2.45, 2.75) is 96.0 Å². The van der Waals surface area contributed by atoms with Crippen molar-refractivity contribution >= 4 is 5.78 Å². The average molecular weight is 510 g/mol. The lowest BCUT2D eigenvalue weighted by atomic mass is 9.76. The van der Waals surface area contributed by atoms with E-state index in [0.29, 0.717) is 6.42 Å². The maximum atomic E-state index is 15.1. The second-order valence-electron chi connectivity index (χ2n) is 10.1. The van der Waals surface area contributed by atoms with Crippen LogP contribution in [0.1, 0.15) is 53.4 Å². The first-order valence-corrected chi connectivity index (χ1v) is 12.1. The van der Waals surface area contributed by atoms with Gasteiger partial charge in [0.1, 0.15) is 12.3 Å². The van der Waals surface area contributed by atoms with E-state index >= 15 is 8.78 Å². The van der Waals surface area contributed by atoms with E-state index in [1.165, 1.54) is 35.2 Å². The monoisotopic (exact) mass is 509 g/mol. The first-order chi connectivity index (χ1) is 16.2. The van der Waals surface area contributed by atoms with E-state index in [9.17, 15) is 15.0 Å². The number of aliphatic hydroxyl groups excluding tert-OH is 2. The van der Waals surface area contributed by atoms with Gasteiger partial charge in [-0.25, -0.2) is 8.78 Å². The molecule has 0 aromatic carbocycles. The molecule has 0 radical (unpaired) electrons. The maximum Gasteiger partial charge on any atom is 0.255 e. The predicted octanol–water partition coefficient (Wildman–Crippen LogP) is 2.70. The van der Waals surface area contributed by atoms with Gasteiger partial charge in [0.2, 0.25) is 0 Å². The number of methoxy groups -OCH3 is 3. The van der Waals surface area contributed by atoms with Crippen LogP contribution in [0.2, 0.25) is 0 Å². The number of hydrogen-bond donors (Lipinski definition) is 3. The molecule has 0 aromatic rings. The molecule has 0 aliphatic carbocycles. The van der Waals surface area contributed by atoms with E-state index in [0.717, 1.165) is 5.57 Å². The van der Waals surface area contributed by atoms with Crippen molar-refractivity contribution in [1.29, 1.82) is 0 Å². The minimum Gasteiger partial charge on any atom is -0.392 e. The highest BCUT2D eigenvalue weighted by Gasteiger charge is 2.51. The molecule has 206 valence electrons. The molecular weight excluding hydrogens is 464 g/mol. The maximum absolute atomic E-state index is 15.1. The third-order valence-corrected chi connectivity index (χ3v) is 7.34. The number of ketones is 1. The van der Waals surface area contributed by atoms with Crippen molar-refractivity contribution in [1.82, 2.24) is 5.32 Å². The molecule has 0 bridgehead atoms. The summed E-state index contributed by atoms with van der Waals surface area (Å²) in [5.41, 5.74) is -0.828. The molecule has 0 spiro atoms. The molecule has 7 atom stereocenters. The molecule has 7 unspecified atom stereocenters. The van der Waals surface area contributed by atoms with Crippen LogP contribution in [0.4, 0.5) is 8.78 Å². The summed E-state index contributed by atoms with van der Waals surface area (Å²) in [5, 5.41) is 23.8. The molecular formula is C25H45F2NO7. The fourth-order valence-corrected chi connectivity index (χ4v) is 4.07. The van der Waals surface area contributed by atoms with Crippen LogP contribution in [0.3, 0.4) is 0 Å². The molecule has 1 heterocycles. The first kappa shape index (κ1) is 32.0. The van der Waals surface area contributed by atoms with Gasteiger partial charge in [0, 0.05) is 40.1 Å². The predicted molar refractivity (Wildman–Crippen MR) is 128 cm³/mol. The number of carbonyl (C=O) groups excluding carboxylic acids is 1. The summed E-state index contributed by atoms with van der Waals surface area (Å²) in [6, 6.07) is 0. The Morgan fingerprint density at radius 3 is 2.37 bits per heavy atom. The summed E-state index contributed by atoms with van der Waals surface area (Å²) < 4.78 is 51.4. The highest BCUT2D eigenvalue weighted by atomic mass is 19.3. The third kappa shape index (κ3) is 8.80. The van der Waals surface area contributed by atoms with Crippen molar-refractivity contribution in [3.8, 4) is 0 Å². The average Bonchev–Trinajstić information content (AvgIpc) is 2.80. The zero-order chi connectivity index (χ0) is 27.0. The molecule has 1 aliphatic heterocycles. The smallest absolute Gasteiger partial charge is 0.255 e. The molecule has 1 fully saturated rings.